The fraction of sp³-hybridized carbons (Fsp3) is 0.682. The quantitative estimate of drug-likeness (QED) is 0.603. The summed E-state index contributed by atoms with van der Waals surface area (Å²) >= 11 is 0.967. The summed E-state index contributed by atoms with van der Waals surface area (Å²) in [5.74, 6) is -0.683. The first kappa shape index (κ1) is 25.9. The summed E-state index contributed by atoms with van der Waals surface area (Å²) in [6, 6.07) is -0.635. The lowest BCUT2D eigenvalue weighted by molar-refractivity contribution is -0.163. The zero-order valence-corrected chi connectivity index (χ0v) is 20.7. The molecule has 1 fully saturated rings. The van der Waals surface area contributed by atoms with E-state index in [4.69, 9.17) is 9.47 Å². The van der Waals surface area contributed by atoms with Crippen LogP contribution in [0.25, 0.3) is 0 Å². The number of hydrogen-bond donors (Lipinski definition) is 0. The zero-order valence-electron chi connectivity index (χ0n) is 19.8. The maximum absolute atomic E-state index is 13.1. The normalized spacial score (nSPS) is 17.7. The van der Waals surface area contributed by atoms with Crippen molar-refractivity contribution in [2.45, 2.75) is 90.2 Å². The molecule has 32 heavy (non-hydrogen) atoms. The van der Waals surface area contributed by atoms with E-state index in [1.165, 1.54) is 28.9 Å². The molecule has 1 saturated heterocycles. The van der Waals surface area contributed by atoms with E-state index in [9.17, 15) is 19.2 Å². The molecule has 0 spiro atoms. The predicted octanol–water partition coefficient (Wildman–Crippen LogP) is 3.71. The molecule has 1 aromatic heterocycles. The van der Waals surface area contributed by atoms with E-state index in [1.807, 2.05) is 0 Å². The van der Waals surface area contributed by atoms with Crippen LogP contribution in [-0.2, 0) is 23.9 Å². The molecule has 2 rings (SSSR count). The van der Waals surface area contributed by atoms with Gasteiger partial charge in [0.15, 0.2) is 5.12 Å². The Kier molecular flexibility index (Phi) is 8.14. The lowest BCUT2D eigenvalue weighted by Gasteiger charge is -2.28. The highest BCUT2D eigenvalue weighted by molar-refractivity contribution is 8.13. The maximum atomic E-state index is 13.1. The number of carbonyl (C=O) groups excluding carboxylic acids is 4. The molecule has 0 radical (unpaired) electrons. The Bertz CT molecular complexity index is 868. The smallest absolute Gasteiger partial charge is 0.419 e. The summed E-state index contributed by atoms with van der Waals surface area (Å²) < 4.78 is 12.0. The average molecular weight is 468 g/mol. The van der Waals surface area contributed by atoms with Gasteiger partial charge in [0, 0.05) is 26.1 Å². The van der Waals surface area contributed by atoms with Gasteiger partial charge in [0.1, 0.15) is 23.6 Å². The Morgan fingerprint density at radius 3 is 2.31 bits per heavy atom. The van der Waals surface area contributed by atoms with Crippen molar-refractivity contribution in [1.29, 1.82) is 0 Å². The number of nitrogens with zero attached hydrogens (tertiary/aromatic N) is 3. The first-order valence-corrected chi connectivity index (χ1v) is 11.5. The Morgan fingerprint density at radius 1 is 1.12 bits per heavy atom. The Hall–Kier alpha value is -2.36. The van der Waals surface area contributed by atoms with Crippen LogP contribution in [0, 0.1) is 0 Å². The van der Waals surface area contributed by atoms with Gasteiger partial charge in [0.2, 0.25) is 5.91 Å². The van der Waals surface area contributed by atoms with Gasteiger partial charge in [-0.2, -0.15) is 0 Å². The van der Waals surface area contributed by atoms with Crippen molar-refractivity contribution in [3.63, 3.8) is 0 Å². The van der Waals surface area contributed by atoms with Gasteiger partial charge in [-0.1, -0.05) is 11.8 Å². The second kappa shape index (κ2) is 10.1. The Morgan fingerprint density at radius 2 is 1.75 bits per heavy atom. The minimum absolute atomic E-state index is 0.0329. The number of imidazole rings is 1. The number of esters is 1. The van der Waals surface area contributed by atoms with Crippen LogP contribution >= 0.6 is 11.8 Å². The van der Waals surface area contributed by atoms with Gasteiger partial charge < -0.3 is 14.4 Å². The second-order valence-electron chi connectivity index (χ2n) is 9.77. The fourth-order valence-corrected chi connectivity index (χ4v) is 4.15. The number of amides is 1. The van der Waals surface area contributed by atoms with Gasteiger partial charge in [0.25, 0.3) is 0 Å². The van der Waals surface area contributed by atoms with Crippen molar-refractivity contribution >= 4 is 34.8 Å². The fourth-order valence-electron chi connectivity index (χ4n) is 3.28. The Balaban J connectivity index is 2.15. The van der Waals surface area contributed by atoms with E-state index in [2.05, 4.69) is 4.98 Å². The van der Waals surface area contributed by atoms with E-state index in [0.29, 0.717) is 25.1 Å². The number of rotatable bonds is 5. The highest BCUT2D eigenvalue weighted by atomic mass is 32.2. The van der Waals surface area contributed by atoms with Gasteiger partial charge >= 0.3 is 12.1 Å². The molecule has 1 amide bonds. The molecular formula is C22H33N3O6S. The Labute approximate surface area is 193 Å². The molecule has 1 unspecified atom stereocenters. The van der Waals surface area contributed by atoms with Crippen molar-refractivity contribution in [2.24, 2.45) is 0 Å². The molecule has 0 bridgehead atoms. The molecule has 1 aliphatic rings. The van der Waals surface area contributed by atoms with Crippen LogP contribution in [0.3, 0.4) is 0 Å². The second-order valence-corrected chi connectivity index (χ2v) is 11.1. The third kappa shape index (κ3) is 7.65. The number of aromatic nitrogens is 2. The van der Waals surface area contributed by atoms with Crippen molar-refractivity contribution in [2.75, 3.05) is 6.54 Å². The molecule has 1 aromatic rings. The third-order valence-electron chi connectivity index (χ3n) is 4.46. The maximum Gasteiger partial charge on any atom is 0.419 e. The largest absolute Gasteiger partial charge is 0.458 e. The highest BCUT2D eigenvalue weighted by Crippen LogP contribution is 2.34. The molecule has 0 aliphatic carbocycles. The number of likely N-dealkylation sites (tertiary alicyclic amines) is 1. The van der Waals surface area contributed by atoms with Crippen LogP contribution in [-0.4, -0.2) is 61.3 Å². The molecule has 10 heteroatoms. The minimum Gasteiger partial charge on any atom is -0.458 e. The van der Waals surface area contributed by atoms with Gasteiger partial charge in [-0.05, 0) is 54.4 Å². The summed E-state index contributed by atoms with van der Waals surface area (Å²) in [6.07, 6.45) is 3.39. The number of carbonyl (C=O) groups is 4. The monoisotopic (exact) mass is 467 g/mol. The summed E-state index contributed by atoms with van der Waals surface area (Å²) in [5, 5.41) is -0.775. The van der Waals surface area contributed by atoms with Gasteiger partial charge in [-0.3, -0.25) is 9.59 Å². The van der Waals surface area contributed by atoms with E-state index < -0.39 is 34.6 Å². The number of ether oxygens (including phenoxy) is 2. The highest BCUT2D eigenvalue weighted by Gasteiger charge is 2.38. The van der Waals surface area contributed by atoms with Crippen molar-refractivity contribution < 1.29 is 28.7 Å². The van der Waals surface area contributed by atoms with Gasteiger partial charge in [0.05, 0.1) is 10.9 Å². The van der Waals surface area contributed by atoms with Crippen molar-refractivity contribution in [3.8, 4) is 0 Å². The first-order chi connectivity index (χ1) is 14.7. The average Bonchev–Trinajstić information content (AvgIpc) is 3.27. The van der Waals surface area contributed by atoms with E-state index in [1.54, 1.807) is 41.5 Å². The summed E-state index contributed by atoms with van der Waals surface area (Å²) in [4.78, 5) is 55.5. The molecule has 0 saturated carbocycles. The van der Waals surface area contributed by atoms with Crippen LogP contribution in [0.4, 0.5) is 4.79 Å². The number of hydrogen-bond acceptors (Lipinski definition) is 8. The van der Waals surface area contributed by atoms with Crippen LogP contribution < -0.4 is 0 Å². The SMILES string of the molecule is CC(=O)SC(CC(=O)N1CCC[C@H]1C(=O)OC(C)(C)C)c1cn(C(=O)OC(C)(C)C)cn1. The molecule has 178 valence electrons. The van der Waals surface area contributed by atoms with Crippen molar-refractivity contribution in [1.82, 2.24) is 14.5 Å². The van der Waals surface area contributed by atoms with Crippen LogP contribution in [0.2, 0.25) is 0 Å². The molecule has 2 heterocycles. The standard InChI is InChI=1S/C22H33N3O6S/c1-14(26)32-17(15-12-24(13-23-15)20(29)31-22(5,6)7)11-18(27)25-10-8-9-16(25)19(28)30-21(2,3)4/h12-13,16-17H,8-11H2,1-7H3/t16-,17?/m0/s1. The first-order valence-electron chi connectivity index (χ1n) is 10.6. The molecule has 1 aliphatic heterocycles. The number of thioether (sulfide) groups is 1. The summed E-state index contributed by atoms with van der Waals surface area (Å²) in [6.45, 7) is 12.5. The molecule has 2 atom stereocenters. The lowest BCUT2D eigenvalue weighted by atomic mass is 10.1. The van der Waals surface area contributed by atoms with Crippen molar-refractivity contribution in [3.05, 3.63) is 18.2 Å². The molecule has 0 aromatic carbocycles. The molecule has 9 nitrogen and oxygen atoms in total. The van der Waals surface area contributed by atoms with Crippen LogP contribution in [0.5, 0.6) is 0 Å². The minimum atomic E-state index is -0.669. The van der Waals surface area contributed by atoms with E-state index in [-0.39, 0.29) is 17.4 Å². The zero-order chi connectivity index (χ0) is 24.3. The van der Waals surface area contributed by atoms with Gasteiger partial charge in [-0.15, -0.1) is 0 Å². The van der Waals surface area contributed by atoms with Gasteiger partial charge in [-0.25, -0.2) is 19.1 Å². The van der Waals surface area contributed by atoms with E-state index >= 15 is 0 Å². The molecular weight excluding hydrogens is 434 g/mol. The summed E-state index contributed by atoms with van der Waals surface area (Å²) in [7, 11) is 0. The topological polar surface area (TPSA) is 108 Å². The molecule has 0 N–H and O–H groups in total. The predicted molar refractivity (Wildman–Crippen MR) is 120 cm³/mol. The third-order valence-corrected chi connectivity index (χ3v) is 5.48. The van der Waals surface area contributed by atoms with E-state index in [0.717, 1.165) is 11.8 Å². The van der Waals surface area contributed by atoms with Crippen LogP contribution in [0.1, 0.15) is 78.7 Å². The van der Waals surface area contributed by atoms with Crippen LogP contribution in [0.15, 0.2) is 12.5 Å². The lowest BCUT2D eigenvalue weighted by Crippen LogP contribution is -2.43. The summed E-state index contributed by atoms with van der Waals surface area (Å²) in [5.41, 5.74) is -0.898.